The Morgan fingerprint density at radius 1 is 1.13 bits per heavy atom. The maximum Gasteiger partial charge on any atom is 0.305 e. The highest BCUT2D eigenvalue weighted by atomic mass is 16.5. The molecule has 8 heteroatoms. The number of carbonyl (C=O) groups is 3. The molecule has 1 saturated heterocycles. The van der Waals surface area contributed by atoms with Crippen LogP contribution >= 0.6 is 0 Å². The summed E-state index contributed by atoms with van der Waals surface area (Å²) in [7, 11) is 0. The lowest BCUT2D eigenvalue weighted by molar-refractivity contribution is -0.126. The molecule has 2 N–H and O–H groups in total. The van der Waals surface area contributed by atoms with Gasteiger partial charge < -0.3 is 14.1 Å². The van der Waals surface area contributed by atoms with Gasteiger partial charge in [-0.25, -0.2) is 0 Å². The van der Waals surface area contributed by atoms with Crippen molar-refractivity contribution in [1.29, 1.82) is 0 Å². The summed E-state index contributed by atoms with van der Waals surface area (Å²) >= 11 is 0. The van der Waals surface area contributed by atoms with Gasteiger partial charge in [-0.05, 0) is 32.0 Å². The second-order valence-electron chi connectivity index (χ2n) is 7.30. The number of furan rings is 1. The molecule has 3 amide bonds. The van der Waals surface area contributed by atoms with E-state index in [0.717, 1.165) is 5.39 Å². The zero-order valence-corrected chi connectivity index (χ0v) is 17.3. The molecule has 1 fully saturated rings. The number of hydrogen-bond acceptors (Lipinski definition) is 5. The monoisotopic (exact) mass is 421 g/mol. The Morgan fingerprint density at radius 2 is 1.87 bits per heavy atom. The van der Waals surface area contributed by atoms with E-state index in [2.05, 4.69) is 10.9 Å². The SMILES string of the molecule is CCOc1ccccc1N1C[C@@H](C(=O)NNC(=O)c2oc3ccccc3c2C)CC1=O. The standard InChI is InChI=1S/C23H23N3O5/c1-3-30-19-11-7-5-9-17(19)26-13-15(12-20(26)27)22(28)24-25-23(29)21-14(2)16-8-4-6-10-18(16)31-21/h4-11,15H,3,12-13H2,1-2H3,(H,24,28)(H,25,29)/t15-/m0/s1. The Bertz CT molecular complexity index is 1150. The van der Waals surface area contributed by atoms with Crippen molar-refractivity contribution in [2.75, 3.05) is 18.1 Å². The normalized spacial score (nSPS) is 15.9. The average molecular weight is 421 g/mol. The van der Waals surface area contributed by atoms with Crippen LogP contribution in [-0.2, 0) is 9.59 Å². The second kappa shape index (κ2) is 8.51. The largest absolute Gasteiger partial charge is 0.492 e. The maximum atomic E-state index is 12.6. The van der Waals surface area contributed by atoms with Gasteiger partial charge in [-0.1, -0.05) is 30.3 Å². The number of carbonyl (C=O) groups excluding carboxylic acids is 3. The number of nitrogens with zero attached hydrogens (tertiary/aromatic N) is 1. The van der Waals surface area contributed by atoms with Crippen molar-refractivity contribution in [3.63, 3.8) is 0 Å². The molecular weight excluding hydrogens is 398 g/mol. The van der Waals surface area contributed by atoms with E-state index in [1.54, 1.807) is 30.0 Å². The van der Waals surface area contributed by atoms with Gasteiger partial charge >= 0.3 is 5.91 Å². The molecule has 2 heterocycles. The average Bonchev–Trinajstić information content (AvgIpc) is 3.33. The fourth-order valence-electron chi connectivity index (χ4n) is 3.74. The first kappa shape index (κ1) is 20.5. The van der Waals surface area contributed by atoms with Crippen molar-refractivity contribution in [2.24, 2.45) is 5.92 Å². The van der Waals surface area contributed by atoms with Gasteiger partial charge in [0.05, 0.1) is 18.2 Å². The van der Waals surface area contributed by atoms with Gasteiger partial charge in [0.1, 0.15) is 11.3 Å². The molecule has 0 unspecified atom stereocenters. The number of para-hydroxylation sites is 3. The highest BCUT2D eigenvalue weighted by Crippen LogP contribution is 2.33. The highest BCUT2D eigenvalue weighted by molar-refractivity contribution is 6.02. The van der Waals surface area contributed by atoms with Gasteiger partial charge in [-0.15, -0.1) is 0 Å². The first-order valence-corrected chi connectivity index (χ1v) is 10.1. The van der Waals surface area contributed by atoms with Crippen molar-refractivity contribution in [3.05, 3.63) is 59.9 Å². The summed E-state index contributed by atoms with van der Waals surface area (Å²) in [5.41, 5.74) is 6.73. The molecule has 160 valence electrons. The summed E-state index contributed by atoms with van der Waals surface area (Å²) in [5.74, 6) is -1.04. The lowest BCUT2D eigenvalue weighted by Crippen LogP contribution is -2.45. The van der Waals surface area contributed by atoms with E-state index < -0.39 is 17.7 Å². The quantitative estimate of drug-likeness (QED) is 0.617. The van der Waals surface area contributed by atoms with Crippen LogP contribution in [0.4, 0.5) is 5.69 Å². The first-order chi connectivity index (χ1) is 15.0. The minimum atomic E-state index is -0.598. The van der Waals surface area contributed by atoms with E-state index in [9.17, 15) is 14.4 Å². The number of amides is 3. The van der Waals surface area contributed by atoms with Crippen LogP contribution < -0.4 is 20.5 Å². The Balaban J connectivity index is 1.41. The predicted octanol–water partition coefficient (Wildman–Crippen LogP) is 2.95. The maximum absolute atomic E-state index is 12.6. The van der Waals surface area contributed by atoms with Crippen molar-refractivity contribution < 1.29 is 23.5 Å². The number of nitrogens with one attached hydrogen (secondary N) is 2. The third kappa shape index (κ3) is 3.96. The Hall–Kier alpha value is -3.81. The van der Waals surface area contributed by atoms with E-state index in [0.29, 0.717) is 29.2 Å². The van der Waals surface area contributed by atoms with Crippen molar-refractivity contribution >= 4 is 34.4 Å². The molecule has 31 heavy (non-hydrogen) atoms. The van der Waals surface area contributed by atoms with Crippen LogP contribution in [0, 0.1) is 12.8 Å². The van der Waals surface area contributed by atoms with E-state index in [4.69, 9.17) is 9.15 Å². The topological polar surface area (TPSA) is 101 Å². The minimum absolute atomic E-state index is 0.0474. The van der Waals surface area contributed by atoms with Crippen LogP contribution in [0.5, 0.6) is 5.75 Å². The molecule has 1 aromatic heterocycles. The fraction of sp³-hybridized carbons (Fsp3) is 0.261. The molecule has 0 radical (unpaired) electrons. The van der Waals surface area contributed by atoms with Gasteiger partial charge in [0.2, 0.25) is 11.8 Å². The first-order valence-electron chi connectivity index (χ1n) is 10.1. The molecular formula is C23H23N3O5. The number of hydrogen-bond donors (Lipinski definition) is 2. The molecule has 0 bridgehead atoms. The van der Waals surface area contributed by atoms with Gasteiger partial charge in [-0.2, -0.15) is 0 Å². The zero-order valence-electron chi connectivity index (χ0n) is 17.3. The summed E-state index contributed by atoms with van der Waals surface area (Å²) < 4.78 is 11.2. The van der Waals surface area contributed by atoms with Crippen LogP contribution in [0.2, 0.25) is 0 Å². The molecule has 1 aliphatic heterocycles. The van der Waals surface area contributed by atoms with Crippen molar-refractivity contribution in [1.82, 2.24) is 10.9 Å². The van der Waals surface area contributed by atoms with Crippen LogP contribution in [0.3, 0.4) is 0 Å². The van der Waals surface area contributed by atoms with Crippen LogP contribution in [0.25, 0.3) is 11.0 Å². The summed E-state index contributed by atoms with van der Waals surface area (Å²) in [4.78, 5) is 39.2. The summed E-state index contributed by atoms with van der Waals surface area (Å²) in [6.07, 6.45) is 0.0474. The van der Waals surface area contributed by atoms with Crippen LogP contribution in [-0.4, -0.2) is 30.9 Å². The lowest BCUT2D eigenvalue weighted by Gasteiger charge is -2.20. The molecule has 0 spiro atoms. The highest BCUT2D eigenvalue weighted by Gasteiger charge is 2.36. The number of aryl methyl sites for hydroxylation is 1. The van der Waals surface area contributed by atoms with E-state index >= 15 is 0 Å². The van der Waals surface area contributed by atoms with E-state index in [-0.39, 0.29) is 24.6 Å². The summed E-state index contributed by atoms with van der Waals surface area (Å²) in [6.45, 7) is 4.32. The Kier molecular flexibility index (Phi) is 5.62. The molecule has 3 aromatic rings. The number of fused-ring (bicyclic) bond motifs is 1. The Morgan fingerprint density at radius 3 is 2.65 bits per heavy atom. The molecule has 0 saturated carbocycles. The van der Waals surface area contributed by atoms with Gasteiger partial charge in [0.15, 0.2) is 5.76 Å². The molecule has 4 rings (SSSR count). The van der Waals surface area contributed by atoms with E-state index in [1.165, 1.54) is 0 Å². The summed E-state index contributed by atoms with van der Waals surface area (Å²) in [6, 6.07) is 14.5. The number of hydrazine groups is 1. The number of rotatable bonds is 5. The van der Waals surface area contributed by atoms with Gasteiger partial charge in [-0.3, -0.25) is 25.2 Å². The number of anilines is 1. The number of ether oxygens (including phenoxy) is 1. The van der Waals surface area contributed by atoms with Crippen molar-refractivity contribution in [3.8, 4) is 5.75 Å². The summed E-state index contributed by atoms with van der Waals surface area (Å²) in [5, 5.41) is 0.837. The minimum Gasteiger partial charge on any atom is -0.492 e. The molecule has 1 atom stereocenters. The lowest BCUT2D eigenvalue weighted by atomic mass is 10.1. The van der Waals surface area contributed by atoms with E-state index in [1.807, 2.05) is 37.3 Å². The Labute approximate surface area is 179 Å². The smallest absolute Gasteiger partial charge is 0.305 e. The number of benzene rings is 2. The molecule has 2 aromatic carbocycles. The van der Waals surface area contributed by atoms with Crippen LogP contribution in [0.1, 0.15) is 29.5 Å². The fourth-order valence-corrected chi connectivity index (χ4v) is 3.74. The second-order valence-corrected chi connectivity index (χ2v) is 7.30. The molecule has 1 aliphatic rings. The zero-order chi connectivity index (χ0) is 22.0. The van der Waals surface area contributed by atoms with Crippen LogP contribution in [0.15, 0.2) is 52.9 Å². The molecule has 8 nitrogen and oxygen atoms in total. The predicted molar refractivity (Wildman–Crippen MR) is 115 cm³/mol. The van der Waals surface area contributed by atoms with Gasteiger partial charge in [0.25, 0.3) is 0 Å². The third-order valence-electron chi connectivity index (χ3n) is 5.30. The van der Waals surface area contributed by atoms with Crippen molar-refractivity contribution in [2.45, 2.75) is 20.3 Å². The molecule has 0 aliphatic carbocycles. The third-order valence-corrected chi connectivity index (χ3v) is 5.30. The van der Waals surface area contributed by atoms with Gasteiger partial charge in [0, 0.05) is 23.9 Å².